The predicted octanol–water partition coefficient (Wildman–Crippen LogP) is 4.77. The number of rotatable bonds is 1. The molecule has 1 aromatic heterocycles. The van der Waals surface area contributed by atoms with Crippen molar-refractivity contribution in [1.29, 1.82) is 0 Å². The van der Waals surface area contributed by atoms with E-state index in [-0.39, 0.29) is 27.3 Å². The van der Waals surface area contributed by atoms with Gasteiger partial charge in [-0.2, -0.15) is 13.2 Å². The van der Waals surface area contributed by atoms with Gasteiger partial charge in [-0.25, -0.2) is 13.9 Å². The highest BCUT2D eigenvalue weighted by Gasteiger charge is 2.61. The van der Waals surface area contributed by atoms with Crippen LogP contribution >= 0.6 is 11.6 Å². The first-order chi connectivity index (χ1) is 13.2. The highest BCUT2D eigenvalue weighted by atomic mass is 35.5. The molecule has 2 atom stereocenters. The molecule has 1 aromatic carbocycles. The van der Waals surface area contributed by atoms with E-state index in [9.17, 15) is 22.4 Å². The number of hydrogen-bond acceptors (Lipinski definition) is 2. The Bertz CT molecular complexity index is 1040. The molecule has 29 heavy (non-hydrogen) atoms. The van der Waals surface area contributed by atoms with Crippen molar-refractivity contribution < 1.29 is 27.5 Å². The first kappa shape index (κ1) is 21.4. The highest BCUT2D eigenvalue weighted by molar-refractivity contribution is 6.32. The molecular weight excluding hydrogens is 416 g/mol. The lowest BCUT2D eigenvalue weighted by molar-refractivity contribution is -0.192. The van der Waals surface area contributed by atoms with E-state index in [1.165, 1.54) is 16.8 Å². The van der Waals surface area contributed by atoms with Gasteiger partial charge in [0.05, 0.1) is 10.7 Å². The van der Waals surface area contributed by atoms with Gasteiger partial charge in [-0.1, -0.05) is 32.4 Å². The molecule has 4 rings (SSSR count). The quantitative estimate of drug-likeness (QED) is 0.635. The van der Waals surface area contributed by atoms with E-state index in [0.29, 0.717) is 5.69 Å². The van der Waals surface area contributed by atoms with Crippen LogP contribution in [-0.2, 0) is 10.2 Å². The Morgan fingerprint density at radius 1 is 1.31 bits per heavy atom. The number of carboxylic acid groups (broad SMARTS) is 1. The lowest BCUT2D eigenvalue weighted by Crippen LogP contribution is -2.33. The van der Waals surface area contributed by atoms with E-state index >= 15 is 0 Å². The molecule has 0 radical (unpaired) electrons. The van der Waals surface area contributed by atoms with Crippen LogP contribution in [0, 0.1) is 11.2 Å². The van der Waals surface area contributed by atoms with E-state index in [1.807, 2.05) is 0 Å². The summed E-state index contributed by atoms with van der Waals surface area (Å²) >= 11 is 6.12. The lowest BCUT2D eigenvalue weighted by atomic mass is 9.70. The van der Waals surface area contributed by atoms with Gasteiger partial charge in [0.1, 0.15) is 5.82 Å². The fourth-order valence-electron chi connectivity index (χ4n) is 4.48. The van der Waals surface area contributed by atoms with Gasteiger partial charge in [0.2, 0.25) is 0 Å². The number of nitrogens with zero attached hydrogens (tertiary/aromatic N) is 1. The molecular formula is C19H19ClF4N2O3. The van der Waals surface area contributed by atoms with Crippen molar-refractivity contribution in [2.75, 3.05) is 0 Å². The Balaban J connectivity index is 0.000000298. The molecule has 0 spiro atoms. The minimum absolute atomic E-state index is 0.0239. The molecule has 0 saturated heterocycles. The Kier molecular flexibility index (Phi) is 4.89. The predicted molar refractivity (Wildman–Crippen MR) is 98.2 cm³/mol. The minimum atomic E-state index is -5.08. The van der Waals surface area contributed by atoms with Crippen LogP contribution in [0.4, 0.5) is 17.6 Å². The number of benzene rings is 1. The van der Waals surface area contributed by atoms with Gasteiger partial charge in [-0.05, 0) is 42.4 Å². The third-order valence-corrected chi connectivity index (χ3v) is 6.75. The molecule has 1 heterocycles. The van der Waals surface area contributed by atoms with Gasteiger partial charge < -0.3 is 5.11 Å². The molecule has 2 aliphatic carbocycles. The van der Waals surface area contributed by atoms with Crippen LogP contribution < -0.4 is 5.56 Å². The van der Waals surface area contributed by atoms with Crippen molar-refractivity contribution in [2.24, 2.45) is 5.41 Å². The van der Waals surface area contributed by atoms with Gasteiger partial charge >= 0.3 is 12.1 Å². The van der Waals surface area contributed by atoms with Gasteiger partial charge in [0, 0.05) is 16.7 Å². The summed E-state index contributed by atoms with van der Waals surface area (Å²) in [5.41, 5.74) is 2.43. The van der Waals surface area contributed by atoms with Crippen molar-refractivity contribution in [3.63, 3.8) is 0 Å². The SMILES string of the molecule is CC1(C)[C@@H]2CC[C@@]1(C)c1[nH]n(-c3ccc(F)cc3Cl)c(=O)c12.O=C(O)C(F)(F)F. The maximum Gasteiger partial charge on any atom is 0.490 e. The molecule has 1 fully saturated rings. The monoisotopic (exact) mass is 434 g/mol. The number of alkyl halides is 3. The molecule has 0 amide bonds. The van der Waals surface area contributed by atoms with E-state index < -0.39 is 18.0 Å². The van der Waals surface area contributed by atoms with Crippen LogP contribution in [0.5, 0.6) is 0 Å². The number of fused-ring (bicyclic) bond motifs is 5. The Morgan fingerprint density at radius 2 is 1.90 bits per heavy atom. The number of carbonyl (C=O) groups is 1. The standard InChI is InChI=1S/C17H18ClFN2O.C2HF3O2/c1-16(2)10-6-7-17(16,3)14-13(10)15(22)21(20-14)12-5-4-9(19)8-11(12)18;3-2(4,5)1(6)7/h4-5,8,10,20H,6-7H2,1-3H3;(H,6,7)/t10-,17+;/m1./s1. The number of aliphatic carboxylic acids is 1. The van der Waals surface area contributed by atoms with Crippen LogP contribution in [0.15, 0.2) is 23.0 Å². The summed E-state index contributed by atoms with van der Waals surface area (Å²) in [5, 5.41) is 10.6. The maximum absolute atomic E-state index is 13.2. The van der Waals surface area contributed by atoms with Crippen molar-refractivity contribution in [3.8, 4) is 5.69 Å². The topological polar surface area (TPSA) is 75.1 Å². The first-order valence-corrected chi connectivity index (χ1v) is 9.20. The number of aromatic nitrogens is 2. The molecule has 2 aromatic rings. The van der Waals surface area contributed by atoms with E-state index in [1.54, 1.807) is 6.07 Å². The van der Waals surface area contributed by atoms with E-state index in [2.05, 4.69) is 25.9 Å². The van der Waals surface area contributed by atoms with Crippen molar-refractivity contribution in [2.45, 2.75) is 51.1 Å². The Hall–Kier alpha value is -2.29. The van der Waals surface area contributed by atoms with Crippen molar-refractivity contribution in [3.05, 3.63) is 50.7 Å². The molecule has 10 heteroatoms. The molecule has 0 aliphatic heterocycles. The number of halogens is 5. The summed E-state index contributed by atoms with van der Waals surface area (Å²) in [4.78, 5) is 21.8. The lowest BCUT2D eigenvalue weighted by Gasteiger charge is -2.34. The van der Waals surface area contributed by atoms with Crippen LogP contribution in [0.2, 0.25) is 5.02 Å². The zero-order chi connectivity index (χ0) is 21.9. The van der Waals surface area contributed by atoms with Gasteiger partial charge in [-0.3, -0.25) is 9.89 Å². The molecule has 5 nitrogen and oxygen atoms in total. The minimum Gasteiger partial charge on any atom is -0.475 e. The summed E-state index contributed by atoms with van der Waals surface area (Å²) in [6, 6.07) is 4.09. The van der Waals surface area contributed by atoms with Crippen LogP contribution in [-0.4, -0.2) is 27.0 Å². The zero-order valence-corrected chi connectivity index (χ0v) is 16.6. The summed E-state index contributed by atoms with van der Waals surface area (Å²) in [7, 11) is 0. The van der Waals surface area contributed by atoms with E-state index in [0.717, 1.165) is 24.1 Å². The second kappa shape index (κ2) is 6.62. The fraction of sp³-hybridized carbons (Fsp3) is 0.474. The summed E-state index contributed by atoms with van der Waals surface area (Å²) in [6.07, 6.45) is -2.96. The van der Waals surface area contributed by atoms with Crippen molar-refractivity contribution in [1.82, 2.24) is 9.78 Å². The highest BCUT2D eigenvalue weighted by Crippen LogP contribution is 2.66. The number of nitrogens with one attached hydrogen (secondary N) is 1. The average Bonchev–Trinajstić information content (AvgIpc) is 3.09. The normalized spacial score (nSPS) is 24.1. The smallest absolute Gasteiger partial charge is 0.475 e. The summed E-state index contributed by atoms with van der Waals surface area (Å²) in [5.74, 6) is -2.89. The number of carboxylic acids is 1. The second-order valence-corrected chi connectivity index (χ2v) is 8.49. The van der Waals surface area contributed by atoms with Crippen LogP contribution in [0.1, 0.15) is 50.8 Å². The van der Waals surface area contributed by atoms with Crippen LogP contribution in [0.25, 0.3) is 5.69 Å². The molecule has 2 aliphatic rings. The largest absolute Gasteiger partial charge is 0.490 e. The number of aromatic amines is 1. The molecule has 2 bridgehead atoms. The third-order valence-electron chi connectivity index (χ3n) is 6.45. The van der Waals surface area contributed by atoms with Gasteiger partial charge in [0.15, 0.2) is 0 Å². The Labute approximate surface area is 168 Å². The number of hydrogen-bond donors (Lipinski definition) is 2. The molecule has 2 N–H and O–H groups in total. The Morgan fingerprint density at radius 3 is 2.38 bits per heavy atom. The average molecular weight is 435 g/mol. The summed E-state index contributed by atoms with van der Waals surface area (Å²) < 4.78 is 46.4. The van der Waals surface area contributed by atoms with Gasteiger partial charge in [-0.15, -0.1) is 0 Å². The fourth-order valence-corrected chi connectivity index (χ4v) is 4.73. The molecule has 0 unspecified atom stereocenters. The summed E-state index contributed by atoms with van der Waals surface area (Å²) in [6.45, 7) is 6.71. The third kappa shape index (κ3) is 3.15. The van der Waals surface area contributed by atoms with E-state index in [4.69, 9.17) is 21.5 Å². The first-order valence-electron chi connectivity index (χ1n) is 8.82. The zero-order valence-electron chi connectivity index (χ0n) is 15.8. The number of H-pyrrole nitrogens is 1. The molecule has 158 valence electrons. The van der Waals surface area contributed by atoms with Gasteiger partial charge in [0.25, 0.3) is 5.56 Å². The van der Waals surface area contributed by atoms with Crippen molar-refractivity contribution >= 4 is 17.6 Å². The van der Waals surface area contributed by atoms with Crippen LogP contribution in [0.3, 0.4) is 0 Å². The molecule has 1 saturated carbocycles. The second-order valence-electron chi connectivity index (χ2n) is 8.08. The maximum atomic E-state index is 13.2.